The van der Waals surface area contributed by atoms with Crippen molar-refractivity contribution in [2.24, 2.45) is 0 Å². The van der Waals surface area contributed by atoms with E-state index in [1.165, 1.54) is 11.3 Å². The molecule has 0 radical (unpaired) electrons. The number of nitrogens with zero attached hydrogens (tertiary/aromatic N) is 2. The lowest BCUT2D eigenvalue weighted by Gasteiger charge is -2.26. The summed E-state index contributed by atoms with van der Waals surface area (Å²) in [7, 11) is 0. The SMILES string of the molecule is CC(C)(C)c1cnc(CSc2cnc(NC(=O)CC3Nc4ccccc4NC3=O)s2)o1. The van der Waals surface area contributed by atoms with Gasteiger partial charge in [0.2, 0.25) is 17.7 Å². The number of thiazole rings is 1. The third-order valence-electron chi connectivity index (χ3n) is 4.58. The minimum Gasteiger partial charge on any atom is -0.444 e. The van der Waals surface area contributed by atoms with E-state index >= 15 is 0 Å². The van der Waals surface area contributed by atoms with Crippen LogP contribution in [0.15, 0.2) is 45.3 Å². The smallest absolute Gasteiger partial charge is 0.247 e. The first-order chi connectivity index (χ1) is 14.8. The average molecular weight is 458 g/mol. The van der Waals surface area contributed by atoms with Gasteiger partial charge in [-0.05, 0) is 12.1 Å². The van der Waals surface area contributed by atoms with Crippen LogP contribution in [0.25, 0.3) is 0 Å². The number of nitrogens with one attached hydrogen (secondary N) is 3. The standard InChI is InChI=1S/C21H23N5O3S2/c1-21(2,3)15-9-22-17(29-15)11-30-18-10-23-20(31-18)26-16(27)8-14-19(28)25-13-7-5-4-6-12(13)24-14/h4-7,9-10,14,24H,8,11H2,1-3H3,(H,25,28)(H,23,26,27). The van der Waals surface area contributed by atoms with Gasteiger partial charge in [-0.15, -0.1) is 11.8 Å². The van der Waals surface area contributed by atoms with Crippen molar-refractivity contribution in [2.75, 3.05) is 16.0 Å². The van der Waals surface area contributed by atoms with Gasteiger partial charge < -0.3 is 20.4 Å². The van der Waals surface area contributed by atoms with Gasteiger partial charge >= 0.3 is 0 Å². The van der Waals surface area contributed by atoms with Crippen LogP contribution >= 0.6 is 23.1 Å². The summed E-state index contributed by atoms with van der Waals surface area (Å²) < 4.78 is 6.74. The van der Waals surface area contributed by atoms with Gasteiger partial charge in [0, 0.05) is 5.41 Å². The van der Waals surface area contributed by atoms with Crippen molar-refractivity contribution in [1.82, 2.24) is 9.97 Å². The van der Waals surface area contributed by atoms with Crippen LogP contribution in [0, 0.1) is 0 Å². The second-order valence-electron chi connectivity index (χ2n) is 8.13. The number of hydrogen-bond acceptors (Lipinski definition) is 8. The number of hydrogen-bond donors (Lipinski definition) is 3. The summed E-state index contributed by atoms with van der Waals surface area (Å²) in [5, 5.41) is 9.19. The molecule has 1 aromatic carbocycles. The fourth-order valence-electron chi connectivity index (χ4n) is 2.93. The van der Waals surface area contributed by atoms with Crippen LogP contribution in [0.3, 0.4) is 0 Å². The summed E-state index contributed by atoms with van der Waals surface area (Å²) in [6.07, 6.45) is 3.48. The van der Waals surface area contributed by atoms with E-state index in [4.69, 9.17) is 4.42 Å². The number of rotatable bonds is 6. The number of aromatic nitrogens is 2. The Bertz CT molecular complexity index is 1100. The summed E-state index contributed by atoms with van der Waals surface area (Å²) >= 11 is 2.92. The van der Waals surface area contributed by atoms with E-state index in [0.717, 1.165) is 15.7 Å². The van der Waals surface area contributed by atoms with Crippen molar-refractivity contribution in [3.63, 3.8) is 0 Å². The van der Waals surface area contributed by atoms with Crippen LogP contribution in [-0.2, 0) is 20.8 Å². The molecule has 1 aliphatic rings. The monoisotopic (exact) mass is 457 g/mol. The number of benzene rings is 1. The van der Waals surface area contributed by atoms with Crippen molar-refractivity contribution in [2.45, 2.75) is 48.6 Å². The van der Waals surface area contributed by atoms with Crippen LogP contribution in [0.4, 0.5) is 16.5 Å². The van der Waals surface area contributed by atoms with E-state index in [1.54, 1.807) is 24.2 Å². The summed E-state index contributed by atoms with van der Waals surface area (Å²) in [5.74, 6) is 1.58. The first kappa shape index (κ1) is 21.4. The summed E-state index contributed by atoms with van der Waals surface area (Å²) in [5.41, 5.74) is 1.43. The number of anilines is 3. The Morgan fingerprint density at radius 2 is 2.00 bits per heavy atom. The number of amides is 2. The maximum absolute atomic E-state index is 12.4. The number of carbonyl (C=O) groups excluding carboxylic acids is 2. The minimum absolute atomic E-state index is 0.00805. The molecule has 31 heavy (non-hydrogen) atoms. The second kappa shape index (κ2) is 8.72. The molecule has 0 spiro atoms. The number of fused-ring (bicyclic) bond motifs is 1. The van der Waals surface area contributed by atoms with Crippen molar-refractivity contribution in [3.8, 4) is 0 Å². The van der Waals surface area contributed by atoms with Crippen molar-refractivity contribution < 1.29 is 14.0 Å². The normalized spacial score (nSPS) is 15.7. The minimum atomic E-state index is -0.634. The lowest BCUT2D eigenvalue weighted by molar-refractivity contribution is -0.122. The molecule has 1 unspecified atom stereocenters. The topological polar surface area (TPSA) is 109 Å². The quantitative estimate of drug-likeness (QED) is 0.468. The van der Waals surface area contributed by atoms with Gasteiger partial charge in [-0.2, -0.15) is 0 Å². The molecule has 0 aliphatic carbocycles. The maximum atomic E-state index is 12.4. The Morgan fingerprint density at radius 1 is 1.23 bits per heavy atom. The maximum Gasteiger partial charge on any atom is 0.247 e. The van der Waals surface area contributed by atoms with E-state index < -0.39 is 6.04 Å². The zero-order valence-electron chi connectivity index (χ0n) is 17.4. The van der Waals surface area contributed by atoms with Crippen LogP contribution < -0.4 is 16.0 Å². The average Bonchev–Trinajstić information content (AvgIpc) is 3.36. The van der Waals surface area contributed by atoms with Gasteiger partial charge in [-0.3, -0.25) is 9.59 Å². The molecule has 1 aliphatic heterocycles. The number of carbonyl (C=O) groups is 2. The molecule has 3 N–H and O–H groups in total. The van der Waals surface area contributed by atoms with Gasteiger partial charge in [-0.1, -0.05) is 44.2 Å². The first-order valence-electron chi connectivity index (χ1n) is 9.78. The molecule has 0 bridgehead atoms. The van der Waals surface area contributed by atoms with E-state index in [2.05, 4.69) is 46.7 Å². The Labute approximate surface area is 188 Å². The largest absolute Gasteiger partial charge is 0.444 e. The third-order valence-corrected chi connectivity index (χ3v) is 6.67. The first-order valence-corrected chi connectivity index (χ1v) is 11.6. The number of para-hydroxylation sites is 2. The highest BCUT2D eigenvalue weighted by Crippen LogP contribution is 2.32. The van der Waals surface area contributed by atoms with Crippen molar-refractivity contribution in [3.05, 3.63) is 48.3 Å². The predicted octanol–water partition coefficient (Wildman–Crippen LogP) is 4.48. The van der Waals surface area contributed by atoms with Gasteiger partial charge in [0.25, 0.3) is 0 Å². The van der Waals surface area contributed by atoms with Crippen molar-refractivity contribution >= 4 is 51.4 Å². The van der Waals surface area contributed by atoms with Crippen LogP contribution in [0.5, 0.6) is 0 Å². The molecule has 3 aromatic rings. The molecule has 2 aromatic heterocycles. The molecule has 10 heteroatoms. The lowest BCUT2D eigenvalue weighted by Crippen LogP contribution is -2.41. The highest BCUT2D eigenvalue weighted by atomic mass is 32.2. The Balaban J connectivity index is 1.29. The summed E-state index contributed by atoms with van der Waals surface area (Å²) in [6, 6.07) is 6.76. The molecular weight excluding hydrogens is 434 g/mol. The molecular formula is C21H23N5O3S2. The molecule has 4 rings (SSSR count). The lowest BCUT2D eigenvalue weighted by atomic mass is 9.94. The summed E-state index contributed by atoms with van der Waals surface area (Å²) in [4.78, 5) is 33.3. The Morgan fingerprint density at radius 3 is 2.74 bits per heavy atom. The molecule has 8 nitrogen and oxygen atoms in total. The Kier molecular flexibility index (Phi) is 6.01. The van der Waals surface area contributed by atoms with Gasteiger partial charge in [0.05, 0.1) is 40.2 Å². The molecule has 0 fully saturated rings. The van der Waals surface area contributed by atoms with Gasteiger partial charge in [0.1, 0.15) is 11.8 Å². The van der Waals surface area contributed by atoms with Crippen molar-refractivity contribution in [1.29, 1.82) is 0 Å². The van der Waals surface area contributed by atoms with Gasteiger partial charge in [0.15, 0.2) is 5.13 Å². The fraction of sp³-hybridized carbons (Fsp3) is 0.333. The second-order valence-corrected chi connectivity index (χ2v) is 10.4. The fourth-order valence-corrected chi connectivity index (χ4v) is 4.67. The molecule has 0 saturated carbocycles. The predicted molar refractivity (Wildman–Crippen MR) is 123 cm³/mol. The van der Waals surface area contributed by atoms with Gasteiger partial charge in [-0.25, -0.2) is 9.97 Å². The molecule has 0 saturated heterocycles. The van der Waals surface area contributed by atoms with Crippen LogP contribution in [0.2, 0.25) is 0 Å². The number of thioether (sulfide) groups is 1. The molecule has 3 heterocycles. The third kappa shape index (κ3) is 5.26. The summed E-state index contributed by atoms with van der Waals surface area (Å²) in [6.45, 7) is 6.23. The molecule has 2 amide bonds. The Hall–Kier alpha value is -2.85. The zero-order chi connectivity index (χ0) is 22.0. The van der Waals surface area contributed by atoms with E-state index in [-0.39, 0.29) is 23.7 Å². The zero-order valence-corrected chi connectivity index (χ0v) is 19.0. The highest BCUT2D eigenvalue weighted by Gasteiger charge is 2.27. The van der Waals surface area contributed by atoms with Crippen LogP contribution in [-0.4, -0.2) is 27.8 Å². The van der Waals surface area contributed by atoms with Crippen LogP contribution in [0.1, 0.15) is 38.8 Å². The highest BCUT2D eigenvalue weighted by molar-refractivity contribution is 8.00. The van der Waals surface area contributed by atoms with E-state index in [0.29, 0.717) is 22.5 Å². The van der Waals surface area contributed by atoms with E-state index in [1.807, 2.05) is 24.3 Å². The molecule has 162 valence electrons. The molecule has 1 atom stereocenters. The number of oxazole rings is 1. The van der Waals surface area contributed by atoms with E-state index in [9.17, 15) is 9.59 Å².